The average Bonchev–Trinajstić information content (AvgIpc) is 2.52. The first-order chi connectivity index (χ1) is 10.1. The Bertz CT molecular complexity index is 508. The Morgan fingerprint density at radius 2 is 2.33 bits per heavy atom. The molecule has 114 valence electrons. The van der Waals surface area contributed by atoms with E-state index in [4.69, 9.17) is 4.74 Å². The molecule has 0 bridgehead atoms. The first-order valence-electron chi connectivity index (χ1n) is 7.93. The van der Waals surface area contributed by atoms with Crippen LogP contribution in [0.15, 0.2) is 24.3 Å². The minimum Gasteiger partial charge on any atom is -0.494 e. The van der Waals surface area contributed by atoms with Gasteiger partial charge in [0.15, 0.2) is 0 Å². The molecule has 0 radical (unpaired) electrons. The van der Waals surface area contributed by atoms with Gasteiger partial charge in [-0.3, -0.25) is 0 Å². The van der Waals surface area contributed by atoms with E-state index >= 15 is 0 Å². The molecule has 1 fully saturated rings. The normalized spacial score (nSPS) is 26.9. The number of aliphatic hydroxyl groups excluding tert-OH is 1. The van der Waals surface area contributed by atoms with Crippen LogP contribution in [0.4, 0.5) is 0 Å². The summed E-state index contributed by atoms with van der Waals surface area (Å²) >= 11 is 0. The lowest BCUT2D eigenvalue weighted by Gasteiger charge is -2.38. The van der Waals surface area contributed by atoms with Gasteiger partial charge >= 0.3 is 0 Å². The second-order valence-electron chi connectivity index (χ2n) is 6.29. The third-order valence-electron chi connectivity index (χ3n) is 4.43. The maximum absolute atomic E-state index is 10.8. The molecule has 0 aliphatic heterocycles. The molecule has 0 spiro atoms. The van der Waals surface area contributed by atoms with Gasteiger partial charge in [0.05, 0.1) is 24.2 Å². The summed E-state index contributed by atoms with van der Waals surface area (Å²) < 4.78 is 5.63. The molecule has 3 nitrogen and oxygen atoms in total. The third kappa shape index (κ3) is 3.57. The molecule has 2 rings (SSSR count). The zero-order chi connectivity index (χ0) is 15.3. The summed E-state index contributed by atoms with van der Waals surface area (Å²) in [5.74, 6) is 1.26. The van der Waals surface area contributed by atoms with Crippen LogP contribution < -0.4 is 4.74 Å². The molecule has 1 aromatic carbocycles. The highest BCUT2D eigenvalue weighted by atomic mass is 16.5. The van der Waals surface area contributed by atoms with Gasteiger partial charge in [-0.2, -0.15) is 5.26 Å². The van der Waals surface area contributed by atoms with E-state index < -0.39 is 11.5 Å². The highest BCUT2D eigenvalue weighted by Crippen LogP contribution is 2.47. The van der Waals surface area contributed by atoms with Crippen molar-refractivity contribution in [2.24, 2.45) is 11.3 Å². The number of hydrogen-bond donors (Lipinski definition) is 1. The summed E-state index contributed by atoms with van der Waals surface area (Å²) in [4.78, 5) is 0. The maximum Gasteiger partial charge on any atom is 0.119 e. The molecule has 1 aliphatic rings. The Labute approximate surface area is 127 Å². The van der Waals surface area contributed by atoms with Crippen molar-refractivity contribution < 1.29 is 9.84 Å². The molecule has 1 aromatic rings. The van der Waals surface area contributed by atoms with E-state index in [2.05, 4.69) is 19.9 Å². The molecule has 3 atom stereocenters. The second-order valence-corrected chi connectivity index (χ2v) is 6.29. The molecule has 1 saturated carbocycles. The van der Waals surface area contributed by atoms with E-state index in [1.54, 1.807) is 0 Å². The van der Waals surface area contributed by atoms with E-state index in [1.807, 2.05) is 24.3 Å². The quantitative estimate of drug-likeness (QED) is 0.881. The number of nitriles is 1. The van der Waals surface area contributed by atoms with Crippen LogP contribution in [0.3, 0.4) is 0 Å². The molecule has 1 aliphatic carbocycles. The first-order valence-corrected chi connectivity index (χ1v) is 7.93. The van der Waals surface area contributed by atoms with Crippen LogP contribution in [0.1, 0.15) is 57.6 Å². The fourth-order valence-electron chi connectivity index (χ4n) is 3.32. The lowest BCUT2D eigenvalue weighted by Crippen LogP contribution is -2.32. The topological polar surface area (TPSA) is 53.2 Å². The monoisotopic (exact) mass is 287 g/mol. The van der Waals surface area contributed by atoms with Crippen molar-refractivity contribution in [3.05, 3.63) is 29.8 Å². The lowest BCUT2D eigenvalue weighted by molar-refractivity contribution is 0.0218. The molecule has 3 unspecified atom stereocenters. The minimum atomic E-state index is -0.740. The summed E-state index contributed by atoms with van der Waals surface area (Å²) in [7, 11) is 0. The molecule has 1 N–H and O–H groups in total. The van der Waals surface area contributed by atoms with Gasteiger partial charge in [-0.1, -0.05) is 38.8 Å². The van der Waals surface area contributed by atoms with Crippen molar-refractivity contribution in [1.82, 2.24) is 0 Å². The standard InChI is InChI=1S/C18H25NO2/c1-3-10-21-16-8-4-7-15(11-16)17(20)18(13-19)9-5-6-14(2)12-18/h4,7-8,11,14,17,20H,3,5-6,9-10,12H2,1-2H3. The van der Waals surface area contributed by atoms with E-state index in [0.29, 0.717) is 12.5 Å². The van der Waals surface area contributed by atoms with Crippen LogP contribution >= 0.6 is 0 Å². The number of hydrogen-bond acceptors (Lipinski definition) is 3. The Hall–Kier alpha value is -1.53. The molecule has 21 heavy (non-hydrogen) atoms. The van der Waals surface area contributed by atoms with Gasteiger partial charge in [0.2, 0.25) is 0 Å². The zero-order valence-corrected chi connectivity index (χ0v) is 13.0. The fraction of sp³-hybridized carbons (Fsp3) is 0.611. The number of ether oxygens (including phenoxy) is 1. The van der Waals surface area contributed by atoms with Crippen LogP contribution in [-0.4, -0.2) is 11.7 Å². The van der Waals surface area contributed by atoms with E-state index in [-0.39, 0.29) is 0 Å². The van der Waals surface area contributed by atoms with Crippen molar-refractivity contribution in [1.29, 1.82) is 5.26 Å². The number of rotatable bonds is 5. The summed E-state index contributed by atoms with van der Waals surface area (Å²) in [5, 5.41) is 20.4. The van der Waals surface area contributed by atoms with Gasteiger partial charge in [-0.05, 0) is 42.9 Å². The van der Waals surface area contributed by atoms with E-state index in [1.165, 1.54) is 0 Å². The first kappa shape index (κ1) is 15.9. The molecule has 0 aromatic heterocycles. The van der Waals surface area contributed by atoms with Crippen LogP contribution in [0.5, 0.6) is 5.75 Å². The zero-order valence-electron chi connectivity index (χ0n) is 13.0. The summed E-state index contributed by atoms with van der Waals surface area (Å²) in [5.41, 5.74) is 0.139. The molecule has 0 amide bonds. The predicted molar refractivity (Wildman–Crippen MR) is 82.9 cm³/mol. The maximum atomic E-state index is 10.8. The van der Waals surface area contributed by atoms with Crippen molar-refractivity contribution >= 4 is 0 Å². The molecular weight excluding hydrogens is 262 g/mol. The SMILES string of the molecule is CCCOc1cccc(C(O)C2(C#N)CCCC(C)C2)c1. The van der Waals surface area contributed by atoms with Crippen molar-refractivity contribution in [3.8, 4) is 11.8 Å². The van der Waals surface area contributed by atoms with Crippen LogP contribution in [-0.2, 0) is 0 Å². The van der Waals surface area contributed by atoms with Crippen LogP contribution in [0.2, 0.25) is 0 Å². The number of nitrogens with zero attached hydrogens (tertiary/aromatic N) is 1. The Morgan fingerprint density at radius 1 is 1.52 bits per heavy atom. The lowest BCUT2D eigenvalue weighted by atomic mass is 9.66. The van der Waals surface area contributed by atoms with Crippen molar-refractivity contribution in [3.63, 3.8) is 0 Å². The number of aliphatic hydroxyl groups is 1. The summed E-state index contributed by atoms with van der Waals surface area (Å²) in [6.07, 6.45) is 3.91. The Kier molecular flexibility index (Phi) is 5.25. The largest absolute Gasteiger partial charge is 0.494 e. The fourth-order valence-corrected chi connectivity index (χ4v) is 3.32. The smallest absolute Gasteiger partial charge is 0.119 e. The van der Waals surface area contributed by atoms with Gasteiger partial charge in [-0.15, -0.1) is 0 Å². The van der Waals surface area contributed by atoms with Gasteiger partial charge in [-0.25, -0.2) is 0 Å². The van der Waals surface area contributed by atoms with Gasteiger partial charge < -0.3 is 9.84 Å². The van der Waals surface area contributed by atoms with Gasteiger partial charge in [0.25, 0.3) is 0 Å². The molecule has 0 heterocycles. The third-order valence-corrected chi connectivity index (χ3v) is 4.43. The molecule has 3 heteroatoms. The minimum absolute atomic E-state index is 0.493. The van der Waals surface area contributed by atoms with Crippen LogP contribution in [0, 0.1) is 22.7 Å². The van der Waals surface area contributed by atoms with Gasteiger partial charge in [0, 0.05) is 0 Å². The Balaban J connectivity index is 2.21. The summed E-state index contributed by atoms with van der Waals surface area (Å²) in [6.45, 7) is 4.89. The van der Waals surface area contributed by atoms with E-state index in [0.717, 1.165) is 43.4 Å². The highest BCUT2D eigenvalue weighted by Gasteiger charge is 2.42. The predicted octanol–water partition coefficient (Wildman–Crippen LogP) is 4.23. The highest BCUT2D eigenvalue weighted by molar-refractivity contribution is 5.32. The van der Waals surface area contributed by atoms with E-state index in [9.17, 15) is 10.4 Å². The van der Waals surface area contributed by atoms with Crippen molar-refractivity contribution in [2.45, 2.75) is 52.1 Å². The summed E-state index contributed by atoms with van der Waals surface area (Å²) in [6, 6.07) is 9.97. The average molecular weight is 287 g/mol. The molecular formula is C18H25NO2. The van der Waals surface area contributed by atoms with Crippen LogP contribution in [0.25, 0.3) is 0 Å². The second kappa shape index (κ2) is 6.95. The number of benzene rings is 1. The van der Waals surface area contributed by atoms with Crippen molar-refractivity contribution in [2.75, 3.05) is 6.61 Å². The molecule has 0 saturated heterocycles. The Morgan fingerprint density at radius 3 is 3.00 bits per heavy atom. The van der Waals surface area contributed by atoms with Gasteiger partial charge in [0.1, 0.15) is 5.75 Å².